The van der Waals surface area contributed by atoms with Crippen molar-refractivity contribution in [2.24, 2.45) is 4.99 Å². The molecule has 6 nitrogen and oxygen atoms in total. The van der Waals surface area contributed by atoms with Gasteiger partial charge >= 0.3 is 0 Å². The van der Waals surface area contributed by atoms with E-state index in [0.717, 1.165) is 49.8 Å². The summed E-state index contributed by atoms with van der Waals surface area (Å²) in [6.45, 7) is 3.67. The fraction of sp³-hybridized carbons (Fsp3) is 0.421. The second-order valence-corrected chi connectivity index (χ2v) is 5.53. The molecule has 0 aliphatic rings. The molecule has 0 saturated carbocycles. The zero-order valence-corrected chi connectivity index (χ0v) is 17.9. The molecule has 0 aliphatic heterocycles. The first kappa shape index (κ1) is 22.1. The number of anilines is 1. The molecule has 144 valence electrons. The van der Waals surface area contributed by atoms with E-state index in [1.54, 1.807) is 20.5 Å². The van der Waals surface area contributed by atoms with E-state index in [4.69, 9.17) is 13.9 Å². The van der Waals surface area contributed by atoms with Gasteiger partial charge in [0.15, 0.2) is 17.5 Å². The van der Waals surface area contributed by atoms with Crippen LogP contribution in [0.5, 0.6) is 11.5 Å². The molecule has 0 spiro atoms. The van der Waals surface area contributed by atoms with Crippen LogP contribution in [0.15, 0.2) is 46.0 Å². The monoisotopic (exact) mass is 473 g/mol. The third kappa shape index (κ3) is 7.15. The minimum atomic E-state index is 0. The van der Waals surface area contributed by atoms with Crippen molar-refractivity contribution in [3.63, 3.8) is 0 Å². The van der Waals surface area contributed by atoms with E-state index in [9.17, 15) is 0 Å². The lowest BCUT2D eigenvalue weighted by Gasteiger charge is -2.14. The quantitative estimate of drug-likeness (QED) is 0.246. The molecular weight excluding hydrogens is 445 g/mol. The largest absolute Gasteiger partial charge is 0.493 e. The van der Waals surface area contributed by atoms with Crippen molar-refractivity contribution in [3.8, 4) is 11.5 Å². The number of hydrogen-bond acceptors (Lipinski definition) is 4. The van der Waals surface area contributed by atoms with Crippen molar-refractivity contribution in [2.45, 2.75) is 26.2 Å². The summed E-state index contributed by atoms with van der Waals surface area (Å²) in [5.74, 6) is 3.07. The maximum atomic E-state index is 5.36. The summed E-state index contributed by atoms with van der Waals surface area (Å²) in [5.41, 5.74) is 0.887. The second kappa shape index (κ2) is 12.5. The fourth-order valence-corrected chi connectivity index (χ4v) is 2.30. The van der Waals surface area contributed by atoms with Gasteiger partial charge in [-0.05, 0) is 30.7 Å². The Hall–Kier alpha value is -1.90. The Labute approximate surface area is 172 Å². The zero-order chi connectivity index (χ0) is 17.9. The van der Waals surface area contributed by atoms with Crippen LogP contribution in [0.2, 0.25) is 0 Å². The number of aliphatic imine (C=N–C) groups is 1. The minimum absolute atomic E-state index is 0. The molecule has 2 aromatic rings. The van der Waals surface area contributed by atoms with Crippen molar-refractivity contribution in [1.82, 2.24) is 5.32 Å². The van der Waals surface area contributed by atoms with E-state index in [1.807, 2.05) is 30.3 Å². The van der Waals surface area contributed by atoms with Crippen molar-refractivity contribution in [1.29, 1.82) is 0 Å². The van der Waals surface area contributed by atoms with Crippen molar-refractivity contribution >= 4 is 35.6 Å². The van der Waals surface area contributed by atoms with Crippen LogP contribution in [0, 0.1) is 0 Å². The number of nitrogens with zero attached hydrogens (tertiary/aromatic N) is 1. The Kier molecular flexibility index (Phi) is 10.6. The first-order chi connectivity index (χ1) is 12.3. The molecule has 0 saturated heterocycles. The Balaban J connectivity index is 0.00000338. The van der Waals surface area contributed by atoms with Gasteiger partial charge in [0, 0.05) is 31.3 Å². The number of nitrogens with one attached hydrogen (secondary N) is 2. The molecule has 0 atom stereocenters. The molecule has 1 aromatic heterocycles. The van der Waals surface area contributed by atoms with Gasteiger partial charge in [0.2, 0.25) is 0 Å². The zero-order valence-electron chi connectivity index (χ0n) is 15.6. The normalized spacial score (nSPS) is 10.8. The molecule has 7 heteroatoms. The number of unbranched alkanes of at least 4 members (excludes halogenated alkanes) is 1. The van der Waals surface area contributed by atoms with Crippen molar-refractivity contribution in [2.75, 3.05) is 32.6 Å². The van der Waals surface area contributed by atoms with Gasteiger partial charge in [0.25, 0.3) is 0 Å². The van der Waals surface area contributed by atoms with Crippen molar-refractivity contribution in [3.05, 3.63) is 42.4 Å². The lowest BCUT2D eigenvalue weighted by molar-refractivity contribution is 0.355. The highest BCUT2D eigenvalue weighted by Gasteiger charge is 2.07. The smallest absolute Gasteiger partial charge is 0.195 e. The lowest BCUT2D eigenvalue weighted by Crippen LogP contribution is -2.32. The summed E-state index contributed by atoms with van der Waals surface area (Å²) in [5, 5.41) is 6.66. The van der Waals surface area contributed by atoms with Gasteiger partial charge in [-0.2, -0.15) is 0 Å². The number of hydrogen-bond donors (Lipinski definition) is 2. The molecule has 2 N–H and O–H groups in total. The predicted octanol–water partition coefficient (Wildman–Crippen LogP) is 4.32. The summed E-state index contributed by atoms with van der Waals surface area (Å²) in [7, 11) is 3.25. The number of benzene rings is 1. The fourth-order valence-electron chi connectivity index (χ4n) is 2.30. The summed E-state index contributed by atoms with van der Waals surface area (Å²) in [6, 6.07) is 9.56. The molecule has 1 heterocycles. The molecule has 0 bridgehead atoms. The van der Waals surface area contributed by atoms with Crippen LogP contribution in [-0.4, -0.2) is 33.3 Å². The van der Waals surface area contributed by atoms with Crippen molar-refractivity contribution < 1.29 is 13.9 Å². The summed E-state index contributed by atoms with van der Waals surface area (Å²) in [4.78, 5) is 4.62. The number of furan rings is 1. The lowest BCUT2D eigenvalue weighted by atomic mass is 10.2. The van der Waals surface area contributed by atoms with Crippen LogP contribution in [0.3, 0.4) is 0 Å². The van der Waals surface area contributed by atoms with Crippen LogP contribution in [-0.2, 0) is 6.42 Å². The Morgan fingerprint density at radius 2 is 1.96 bits per heavy atom. The number of methoxy groups -OCH3 is 2. The first-order valence-corrected chi connectivity index (χ1v) is 8.56. The third-order valence-corrected chi connectivity index (χ3v) is 3.67. The van der Waals surface area contributed by atoms with E-state index >= 15 is 0 Å². The Bertz CT molecular complexity index is 660. The van der Waals surface area contributed by atoms with Gasteiger partial charge in [0.05, 0.1) is 20.5 Å². The molecular formula is C19H28IN3O3. The average molecular weight is 473 g/mol. The van der Waals surface area contributed by atoms with E-state index in [0.29, 0.717) is 11.5 Å². The standard InChI is InChI=1S/C19H27N3O3.HI/c1-4-5-11-20-19(21-12-10-16-7-6-13-25-16)22-15-8-9-17(23-2)18(14-15)24-3;/h6-9,13-14H,4-5,10-12H2,1-3H3,(H2,20,21,22);1H. The van der Waals surface area contributed by atoms with E-state index in [2.05, 4.69) is 22.5 Å². The van der Waals surface area contributed by atoms with Gasteiger partial charge in [-0.1, -0.05) is 13.3 Å². The molecule has 0 unspecified atom stereocenters. The van der Waals surface area contributed by atoms with E-state index in [1.165, 1.54) is 0 Å². The molecule has 0 fully saturated rings. The SMILES string of the molecule is CCCCN=C(NCCc1ccco1)Nc1ccc(OC)c(OC)c1.I. The van der Waals surface area contributed by atoms with Crippen LogP contribution in [0.4, 0.5) is 5.69 Å². The number of ether oxygens (including phenoxy) is 2. The number of guanidine groups is 1. The molecule has 2 rings (SSSR count). The predicted molar refractivity (Wildman–Crippen MR) is 116 cm³/mol. The van der Waals surface area contributed by atoms with Gasteiger partial charge < -0.3 is 24.5 Å². The molecule has 1 aromatic carbocycles. The highest BCUT2D eigenvalue weighted by atomic mass is 127. The maximum absolute atomic E-state index is 5.36. The van der Waals surface area contributed by atoms with Gasteiger partial charge in [0.1, 0.15) is 5.76 Å². The Morgan fingerprint density at radius 3 is 2.62 bits per heavy atom. The third-order valence-electron chi connectivity index (χ3n) is 3.67. The van der Waals surface area contributed by atoms with Crippen LogP contribution < -0.4 is 20.1 Å². The van der Waals surface area contributed by atoms with Crippen LogP contribution >= 0.6 is 24.0 Å². The topological polar surface area (TPSA) is 68.0 Å². The van der Waals surface area contributed by atoms with Gasteiger partial charge in [-0.3, -0.25) is 4.99 Å². The van der Waals surface area contributed by atoms with Gasteiger partial charge in [-0.15, -0.1) is 24.0 Å². The summed E-state index contributed by atoms with van der Waals surface area (Å²) < 4.78 is 16.0. The minimum Gasteiger partial charge on any atom is -0.493 e. The highest BCUT2D eigenvalue weighted by molar-refractivity contribution is 14.0. The summed E-state index contributed by atoms with van der Waals surface area (Å²) >= 11 is 0. The summed E-state index contributed by atoms with van der Waals surface area (Å²) in [6.07, 6.45) is 4.65. The first-order valence-electron chi connectivity index (χ1n) is 8.56. The average Bonchev–Trinajstić information content (AvgIpc) is 3.15. The van der Waals surface area contributed by atoms with Gasteiger partial charge in [-0.25, -0.2) is 0 Å². The highest BCUT2D eigenvalue weighted by Crippen LogP contribution is 2.29. The van der Waals surface area contributed by atoms with E-state index < -0.39 is 0 Å². The molecule has 26 heavy (non-hydrogen) atoms. The molecule has 0 radical (unpaired) electrons. The molecule has 0 amide bonds. The van der Waals surface area contributed by atoms with E-state index in [-0.39, 0.29) is 24.0 Å². The Morgan fingerprint density at radius 1 is 1.15 bits per heavy atom. The number of halogens is 1. The number of rotatable bonds is 9. The second-order valence-electron chi connectivity index (χ2n) is 5.53. The van der Waals surface area contributed by atoms with Crippen LogP contribution in [0.1, 0.15) is 25.5 Å². The molecule has 0 aliphatic carbocycles. The maximum Gasteiger partial charge on any atom is 0.195 e. The van der Waals surface area contributed by atoms with Crippen LogP contribution in [0.25, 0.3) is 0 Å².